The molecular formula is C17H22BNO2. The molecule has 0 atom stereocenters. The Morgan fingerprint density at radius 3 is 2.19 bits per heavy atom. The second kappa shape index (κ2) is 4.59. The van der Waals surface area contributed by atoms with Gasteiger partial charge in [0.15, 0.2) is 0 Å². The van der Waals surface area contributed by atoms with E-state index in [-0.39, 0.29) is 11.2 Å². The average molecular weight is 283 g/mol. The molecule has 1 aromatic rings. The third kappa shape index (κ3) is 2.39. The molecule has 2 aliphatic rings. The van der Waals surface area contributed by atoms with Gasteiger partial charge in [0.05, 0.1) is 22.8 Å². The molecule has 3 rings (SSSR count). The number of aryl methyl sites for hydroxylation is 1. The lowest BCUT2D eigenvalue weighted by Crippen LogP contribution is -2.41. The van der Waals surface area contributed by atoms with E-state index in [4.69, 9.17) is 9.31 Å². The van der Waals surface area contributed by atoms with Gasteiger partial charge in [0.2, 0.25) is 0 Å². The molecule has 0 N–H and O–H groups in total. The van der Waals surface area contributed by atoms with Gasteiger partial charge in [0.1, 0.15) is 0 Å². The van der Waals surface area contributed by atoms with Crippen LogP contribution in [0.3, 0.4) is 0 Å². The highest BCUT2D eigenvalue weighted by molar-refractivity contribution is 6.62. The van der Waals surface area contributed by atoms with E-state index in [0.717, 1.165) is 5.46 Å². The van der Waals surface area contributed by atoms with Crippen molar-refractivity contribution in [2.75, 3.05) is 0 Å². The zero-order valence-corrected chi connectivity index (χ0v) is 13.5. The molecule has 0 aromatic heterocycles. The quantitative estimate of drug-likeness (QED) is 0.783. The van der Waals surface area contributed by atoms with Crippen LogP contribution in [0.5, 0.6) is 0 Å². The van der Waals surface area contributed by atoms with Gasteiger partial charge in [-0.2, -0.15) is 5.26 Å². The molecule has 0 unspecified atom stereocenters. The molecule has 1 saturated heterocycles. The summed E-state index contributed by atoms with van der Waals surface area (Å²) in [6.45, 7) is 10.2. The Morgan fingerprint density at radius 2 is 1.71 bits per heavy atom. The Kier molecular flexibility index (Phi) is 3.20. The van der Waals surface area contributed by atoms with Gasteiger partial charge < -0.3 is 9.31 Å². The molecule has 1 aromatic carbocycles. The van der Waals surface area contributed by atoms with E-state index in [0.29, 0.717) is 11.5 Å². The first-order valence-electron chi connectivity index (χ1n) is 7.65. The molecule has 0 spiro atoms. The molecule has 0 amide bonds. The van der Waals surface area contributed by atoms with Crippen molar-refractivity contribution in [2.45, 2.75) is 64.6 Å². The van der Waals surface area contributed by atoms with Crippen molar-refractivity contribution in [3.8, 4) is 6.07 Å². The molecule has 0 radical (unpaired) electrons. The number of benzene rings is 1. The van der Waals surface area contributed by atoms with Crippen LogP contribution in [0.4, 0.5) is 0 Å². The topological polar surface area (TPSA) is 42.2 Å². The lowest BCUT2D eigenvalue weighted by Gasteiger charge is -2.32. The van der Waals surface area contributed by atoms with E-state index >= 15 is 0 Å². The van der Waals surface area contributed by atoms with Crippen LogP contribution in [0.2, 0.25) is 0 Å². The van der Waals surface area contributed by atoms with Gasteiger partial charge in [-0.25, -0.2) is 0 Å². The minimum Gasteiger partial charge on any atom is -0.399 e. The number of nitrogens with zero attached hydrogens (tertiary/aromatic N) is 1. The second-order valence-electron chi connectivity index (χ2n) is 7.27. The summed E-state index contributed by atoms with van der Waals surface area (Å²) in [5.41, 5.74) is 3.33. The Morgan fingerprint density at radius 1 is 1.14 bits per heavy atom. The molecule has 2 fully saturated rings. The molecule has 1 aliphatic heterocycles. The minimum atomic E-state index is -0.456. The standard InChI is InChI=1S/C17H22BNO2/c1-11-8-13(10-19)15(9-14(11)12-6-7-12)18-20-16(2,3)17(4,5)21-18/h8-9,12H,6-7H2,1-5H3. The number of hydrogen-bond acceptors (Lipinski definition) is 3. The first kappa shape index (κ1) is 14.6. The zero-order valence-electron chi connectivity index (χ0n) is 13.5. The molecule has 1 aliphatic carbocycles. The number of nitriles is 1. The minimum absolute atomic E-state index is 0.380. The van der Waals surface area contributed by atoms with Crippen LogP contribution < -0.4 is 5.46 Å². The third-order valence-corrected chi connectivity index (χ3v) is 5.08. The van der Waals surface area contributed by atoms with Crippen molar-refractivity contribution in [3.63, 3.8) is 0 Å². The van der Waals surface area contributed by atoms with Crippen LogP contribution in [0.15, 0.2) is 12.1 Å². The Balaban J connectivity index is 2.03. The van der Waals surface area contributed by atoms with Gasteiger partial charge in [-0.15, -0.1) is 0 Å². The molecule has 1 heterocycles. The highest BCUT2D eigenvalue weighted by atomic mass is 16.7. The van der Waals surface area contributed by atoms with E-state index in [1.54, 1.807) is 0 Å². The van der Waals surface area contributed by atoms with Crippen molar-refractivity contribution in [1.29, 1.82) is 5.26 Å². The molecular weight excluding hydrogens is 261 g/mol. The van der Waals surface area contributed by atoms with Crippen molar-refractivity contribution in [2.24, 2.45) is 0 Å². The van der Waals surface area contributed by atoms with E-state index in [2.05, 4.69) is 19.1 Å². The van der Waals surface area contributed by atoms with Gasteiger partial charge in [-0.1, -0.05) is 6.07 Å². The van der Waals surface area contributed by atoms with Crippen LogP contribution >= 0.6 is 0 Å². The normalized spacial score (nSPS) is 23.1. The first-order chi connectivity index (χ1) is 9.75. The lowest BCUT2D eigenvalue weighted by molar-refractivity contribution is 0.00578. The highest BCUT2D eigenvalue weighted by Crippen LogP contribution is 2.42. The smallest absolute Gasteiger partial charge is 0.399 e. The monoisotopic (exact) mass is 283 g/mol. The van der Waals surface area contributed by atoms with E-state index in [1.165, 1.54) is 24.0 Å². The van der Waals surface area contributed by atoms with Gasteiger partial charge in [0.25, 0.3) is 0 Å². The van der Waals surface area contributed by atoms with Crippen LogP contribution in [-0.2, 0) is 9.31 Å². The summed E-state index contributed by atoms with van der Waals surface area (Å²) in [6.07, 6.45) is 2.49. The second-order valence-corrected chi connectivity index (χ2v) is 7.27. The van der Waals surface area contributed by atoms with E-state index < -0.39 is 7.12 Å². The van der Waals surface area contributed by atoms with Crippen LogP contribution in [0, 0.1) is 18.3 Å². The summed E-state index contributed by atoms with van der Waals surface area (Å²) in [7, 11) is -0.456. The summed E-state index contributed by atoms with van der Waals surface area (Å²) in [5.74, 6) is 0.652. The Hall–Kier alpha value is -1.31. The number of hydrogen-bond donors (Lipinski definition) is 0. The van der Waals surface area contributed by atoms with Crippen LogP contribution in [0.25, 0.3) is 0 Å². The molecule has 4 heteroatoms. The van der Waals surface area contributed by atoms with E-state index in [1.807, 2.05) is 33.8 Å². The average Bonchev–Trinajstić information content (AvgIpc) is 3.17. The summed E-state index contributed by atoms with van der Waals surface area (Å²) >= 11 is 0. The molecule has 3 nitrogen and oxygen atoms in total. The molecule has 21 heavy (non-hydrogen) atoms. The maximum absolute atomic E-state index is 9.45. The van der Waals surface area contributed by atoms with Gasteiger partial charge in [-0.3, -0.25) is 0 Å². The highest BCUT2D eigenvalue weighted by Gasteiger charge is 2.52. The fraction of sp³-hybridized carbons (Fsp3) is 0.588. The van der Waals surface area contributed by atoms with Crippen molar-refractivity contribution in [3.05, 3.63) is 28.8 Å². The molecule has 0 bridgehead atoms. The Labute approximate surface area is 127 Å². The molecule has 110 valence electrons. The largest absolute Gasteiger partial charge is 0.496 e. The van der Waals surface area contributed by atoms with E-state index in [9.17, 15) is 5.26 Å². The predicted molar refractivity (Wildman–Crippen MR) is 83.6 cm³/mol. The van der Waals surface area contributed by atoms with Crippen LogP contribution in [-0.4, -0.2) is 18.3 Å². The third-order valence-electron chi connectivity index (χ3n) is 5.08. The fourth-order valence-corrected chi connectivity index (χ4v) is 2.84. The lowest BCUT2D eigenvalue weighted by atomic mass is 9.74. The van der Waals surface area contributed by atoms with Crippen molar-refractivity contribution < 1.29 is 9.31 Å². The van der Waals surface area contributed by atoms with Gasteiger partial charge in [0, 0.05) is 5.46 Å². The maximum Gasteiger partial charge on any atom is 0.496 e. The van der Waals surface area contributed by atoms with Crippen molar-refractivity contribution in [1.82, 2.24) is 0 Å². The summed E-state index contributed by atoms with van der Waals surface area (Å²) in [4.78, 5) is 0. The summed E-state index contributed by atoms with van der Waals surface area (Å²) in [5, 5.41) is 9.45. The SMILES string of the molecule is Cc1cc(C#N)c(B2OC(C)(C)C(C)(C)O2)cc1C1CC1. The number of rotatable bonds is 2. The van der Waals surface area contributed by atoms with Gasteiger partial charge >= 0.3 is 7.12 Å². The first-order valence-corrected chi connectivity index (χ1v) is 7.65. The fourth-order valence-electron chi connectivity index (χ4n) is 2.84. The predicted octanol–water partition coefficient (Wildman–Crippen LogP) is 3.04. The maximum atomic E-state index is 9.45. The van der Waals surface area contributed by atoms with Crippen molar-refractivity contribution >= 4 is 12.6 Å². The van der Waals surface area contributed by atoms with Crippen LogP contribution in [0.1, 0.15) is 63.1 Å². The van der Waals surface area contributed by atoms with Gasteiger partial charge in [-0.05, 0) is 70.6 Å². The summed E-state index contributed by atoms with van der Waals surface area (Å²) < 4.78 is 12.2. The Bertz CT molecular complexity index is 610. The molecule has 1 saturated carbocycles. The summed E-state index contributed by atoms with van der Waals surface area (Å²) in [6, 6.07) is 6.41. The zero-order chi connectivity index (χ0) is 15.4.